The minimum Gasteiger partial charge on any atom is -0.313 e. The van der Waals surface area contributed by atoms with Crippen LogP contribution in [0.1, 0.15) is 44.1 Å². The largest absolute Gasteiger partial charge is 0.313 e. The molecule has 0 aliphatic heterocycles. The van der Waals surface area contributed by atoms with E-state index in [1.807, 2.05) is 12.1 Å². The zero-order chi connectivity index (χ0) is 13.9. The molecule has 20 heavy (non-hydrogen) atoms. The van der Waals surface area contributed by atoms with Crippen molar-refractivity contribution >= 4 is 0 Å². The van der Waals surface area contributed by atoms with Crippen LogP contribution in [0, 0.1) is 5.82 Å². The smallest absolute Gasteiger partial charge is 0.123 e. The van der Waals surface area contributed by atoms with Crippen LogP contribution < -0.4 is 5.32 Å². The lowest BCUT2D eigenvalue weighted by Gasteiger charge is -2.37. The highest BCUT2D eigenvalue weighted by atomic mass is 19.1. The van der Waals surface area contributed by atoms with Crippen LogP contribution in [0.3, 0.4) is 0 Å². The molecule has 1 aromatic rings. The van der Waals surface area contributed by atoms with E-state index in [0.717, 1.165) is 12.6 Å². The maximum absolute atomic E-state index is 12.9. The van der Waals surface area contributed by atoms with Crippen LogP contribution >= 0.6 is 0 Å². The minimum atomic E-state index is -0.137. The third-order valence-corrected chi connectivity index (χ3v) is 4.78. The summed E-state index contributed by atoms with van der Waals surface area (Å²) in [5.74, 6) is 0.487. The number of halogens is 1. The molecule has 2 aliphatic carbocycles. The third kappa shape index (κ3) is 3.39. The summed E-state index contributed by atoms with van der Waals surface area (Å²) in [6.45, 7) is 5.71. The molecule has 2 nitrogen and oxygen atoms in total. The fourth-order valence-electron chi connectivity index (χ4n) is 3.24. The Morgan fingerprint density at radius 3 is 2.50 bits per heavy atom. The number of hydrogen-bond donors (Lipinski definition) is 1. The molecule has 0 spiro atoms. The quantitative estimate of drug-likeness (QED) is 0.823. The minimum absolute atomic E-state index is 0.137. The molecule has 0 heterocycles. The van der Waals surface area contributed by atoms with Gasteiger partial charge in [-0.1, -0.05) is 19.1 Å². The molecule has 0 unspecified atom stereocenters. The first-order chi connectivity index (χ1) is 9.76. The highest BCUT2D eigenvalue weighted by molar-refractivity contribution is 5.23. The molecule has 0 radical (unpaired) electrons. The van der Waals surface area contributed by atoms with Gasteiger partial charge in [0.15, 0.2) is 0 Å². The van der Waals surface area contributed by atoms with E-state index in [4.69, 9.17) is 0 Å². The van der Waals surface area contributed by atoms with Gasteiger partial charge in [0, 0.05) is 25.2 Å². The van der Waals surface area contributed by atoms with Crippen molar-refractivity contribution in [3.63, 3.8) is 0 Å². The molecule has 3 rings (SSSR count). The van der Waals surface area contributed by atoms with Crippen molar-refractivity contribution in [3.05, 3.63) is 35.6 Å². The van der Waals surface area contributed by atoms with Crippen molar-refractivity contribution in [1.29, 1.82) is 0 Å². The van der Waals surface area contributed by atoms with Crippen LogP contribution in [0.4, 0.5) is 4.39 Å². The van der Waals surface area contributed by atoms with Crippen LogP contribution in [0.2, 0.25) is 0 Å². The molecule has 3 heteroatoms. The Balaban J connectivity index is 1.35. The normalized spacial score (nSPS) is 25.8. The lowest BCUT2D eigenvalue weighted by molar-refractivity contribution is 0.244. The summed E-state index contributed by atoms with van der Waals surface area (Å²) in [7, 11) is 0. The first-order valence-electron chi connectivity index (χ1n) is 7.99. The van der Waals surface area contributed by atoms with Crippen LogP contribution in [0.5, 0.6) is 0 Å². The first kappa shape index (κ1) is 14.0. The first-order valence-corrected chi connectivity index (χ1v) is 7.99. The van der Waals surface area contributed by atoms with Gasteiger partial charge in [-0.2, -0.15) is 0 Å². The van der Waals surface area contributed by atoms with E-state index in [1.165, 1.54) is 44.3 Å². The Hall–Kier alpha value is -0.930. The molecule has 0 atom stereocenters. The van der Waals surface area contributed by atoms with Crippen LogP contribution in [0.15, 0.2) is 24.3 Å². The average molecular weight is 276 g/mol. The molecule has 0 saturated heterocycles. The van der Waals surface area contributed by atoms with E-state index in [0.29, 0.717) is 12.0 Å². The Labute approximate surface area is 121 Å². The molecule has 2 fully saturated rings. The van der Waals surface area contributed by atoms with Gasteiger partial charge in [-0.05, 0) is 55.8 Å². The van der Waals surface area contributed by atoms with Gasteiger partial charge in [-0.25, -0.2) is 4.39 Å². The van der Waals surface area contributed by atoms with Gasteiger partial charge in [0.25, 0.3) is 0 Å². The van der Waals surface area contributed by atoms with E-state index in [1.54, 1.807) is 12.1 Å². The monoisotopic (exact) mass is 276 g/mol. The van der Waals surface area contributed by atoms with Crippen molar-refractivity contribution < 1.29 is 4.39 Å². The zero-order valence-electron chi connectivity index (χ0n) is 12.3. The Morgan fingerprint density at radius 1 is 1.20 bits per heavy atom. The standard InChI is InChI=1S/C17H25FN2/c1-2-20(17-7-8-17)10-9-19-16-11-14(12-16)13-3-5-15(18)6-4-13/h3-6,14,16-17,19H,2,7-12H2,1H3. The lowest BCUT2D eigenvalue weighted by Crippen LogP contribution is -2.43. The SMILES string of the molecule is CCN(CCNC1CC(c2ccc(F)cc2)C1)C1CC1. The van der Waals surface area contributed by atoms with Crippen molar-refractivity contribution in [1.82, 2.24) is 10.2 Å². The number of rotatable bonds is 7. The van der Waals surface area contributed by atoms with E-state index in [9.17, 15) is 4.39 Å². The van der Waals surface area contributed by atoms with Gasteiger partial charge in [-0.3, -0.25) is 4.90 Å². The van der Waals surface area contributed by atoms with Crippen LogP contribution in [-0.4, -0.2) is 36.6 Å². The second kappa shape index (κ2) is 6.23. The van der Waals surface area contributed by atoms with Crippen LogP contribution in [0.25, 0.3) is 0 Å². The second-order valence-corrected chi connectivity index (χ2v) is 6.23. The van der Waals surface area contributed by atoms with Crippen molar-refractivity contribution in [3.8, 4) is 0 Å². The van der Waals surface area contributed by atoms with Gasteiger partial charge in [0.05, 0.1) is 0 Å². The number of benzene rings is 1. The Kier molecular flexibility index (Phi) is 4.37. The number of nitrogens with one attached hydrogen (secondary N) is 1. The van der Waals surface area contributed by atoms with Crippen molar-refractivity contribution in [2.45, 2.75) is 50.6 Å². The highest BCUT2D eigenvalue weighted by Gasteiger charge is 2.31. The fraction of sp³-hybridized carbons (Fsp3) is 0.647. The molecular formula is C17H25FN2. The number of nitrogens with zero attached hydrogens (tertiary/aromatic N) is 1. The summed E-state index contributed by atoms with van der Waals surface area (Å²) in [6, 6.07) is 8.54. The zero-order valence-corrected chi connectivity index (χ0v) is 12.3. The van der Waals surface area contributed by atoms with Crippen LogP contribution in [-0.2, 0) is 0 Å². The molecule has 1 N–H and O–H groups in total. The molecule has 0 bridgehead atoms. The van der Waals surface area contributed by atoms with E-state index >= 15 is 0 Å². The predicted molar refractivity (Wildman–Crippen MR) is 80.4 cm³/mol. The lowest BCUT2D eigenvalue weighted by atomic mass is 9.76. The van der Waals surface area contributed by atoms with Gasteiger partial charge in [0.2, 0.25) is 0 Å². The summed E-state index contributed by atoms with van der Waals surface area (Å²) >= 11 is 0. The fourth-order valence-corrected chi connectivity index (χ4v) is 3.24. The van der Waals surface area contributed by atoms with Crippen molar-refractivity contribution in [2.75, 3.05) is 19.6 Å². The van der Waals surface area contributed by atoms with Gasteiger partial charge >= 0.3 is 0 Å². The summed E-state index contributed by atoms with van der Waals surface area (Å²) in [5.41, 5.74) is 1.29. The van der Waals surface area contributed by atoms with Gasteiger partial charge < -0.3 is 5.32 Å². The van der Waals surface area contributed by atoms with Gasteiger partial charge in [-0.15, -0.1) is 0 Å². The third-order valence-electron chi connectivity index (χ3n) is 4.78. The summed E-state index contributed by atoms with van der Waals surface area (Å²) in [5, 5.41) is 3.66. The van der Waals surface area contributed by atoms with E-state index in [2.05, 4.69) is 17.1 Å². The Morgan fingerprint density at radius 2 is 1.90 bits per heavy atom. The molecule has 2 aliphatic rings. The molecular weight excluding hydrogens is 251 g/mol. The Bertz CT molecular complexity index is 421. The van der Waals surface area contributed by atoms with Gasteiger partial charge in [0.1, 0.15) is 5.82 Å². The molecule has 0 amide bonds. The molecule has 2 saturated carbocycles. The van der Waals surface area contributed by atoms with E-state index in [-0.39, 0.29) is 5.82 Å². The molecule has 1 aromatic carbocycles. The average Bonchev–Trinajstić information content (AvgIpc) is 3.23. The maximum Gasteiger partial charge on any atom is 0.123 e. The predicted octanol–water partition coefficient (Wildman–Crippen LogP) is 3.15. The highest BCUT2D eigenvalue weighted by Crippen LogP contribution is 2.36. The maximum atomic E-state index is 12.9. The van der Waals surface area contributed by atoms with Crippen molar-refractivity contribution in [2.24, 2.45) is 0 Å². The topological polar surface area (TPSA) is 15.3 Å². The summed E-state index contributed by atoms with van der Waals surface area (Å²) < 4.78 is 12.9. The number of hydrogen-bond acceptors (Lipinski definition) is 2. The summed E-state index contributed by atoms with van der Waals surface area (Å²) in [6.07, 6.45) is 5.18. The molecule has 110 valence electrons. The van der Waals surface area contributed by atoms with E-state index < -0.39 is 0 Å². The summed E-state index contributed by atoms with van der Waals surface area (Å²) in [4.78, 5) is 2.59. The molecule has 0 aromatic heterocycles. The second-order valence-electron chi connectivity index (χ2n) is 6.23. The number of likely N-dealkylation sites (N-methyl/N-ethyl adjacent to an activating group) is 1.